The van der Waals surface area contributed by atoms with Gasteiger partial charge in [-0.1, -0.05) is 49.2 Å². The van der Waals surface area contributed by atoms with E-state index in [0.717, 1.165) is 6.42 Å². The van der Waals surface area contributed by atoms with Gasteiger partial charge < -0.3 is 10.4 Å². The van der Waals surface area contributed by atoms with E-state index in [2.05, 4.69) is 5.32 Å². The van der Waals surface area contributed by atoms with Gasteiger partial charge in [0, 0.05) is 6.08 Å². The molecule has 3 nitrogen and oxygen atoms in total. The molecule has 0 fully saturated rings. The Balaban J connectivity index is 2.65. The lowest BCUT2D eigenvalue weighted by Crippen LogP contribution is -2.37. The van der Waals surface area contributed by atoms with E-state index in [1.54, 1.807) is 24.3 Å². The van der Waals surface area contributed by atoms with Crippen LogP contribution in [0.5, 0.6) is 0 Å². The van der Waals surface area contributed by atoms with Crippen molar-refractivity contribution >= 4 is 35.2 Å². The first-order chi connectivity index (χ1) is 9.43. The summed E-state index contributed by atoms with van der Waals surface area (Å²) >= 11 is 11.9. The fourth-order valence-electron chi connectivity index (χ4n) is 1.81. The van der Waals surface area contributed by atoms with Gasteiger partial charge in [0.1, 0.15) is 0 Å². The van der Waals surface area contributed by atoms with Gasteiger partial charge in [0.15, 0.2) is 0 Å². The minimum absolute atomic E-state index is 0.0737. The zero-order chi connectivity index (χ0) is 15.1. The fourth-order valence-corrected chi connectivity index (χ4v) is 2.18. The smallest absolute Gasteiger partial charge is 0.244 e. The Morgan fingerprint density at radius 2 is 2.10 bits per heavy atom. The summed E-state index contributed by atoms with van der Waals surface area (Å²) in [6.07, 6.45) is 3.72. The molecule has 0 bridgehead atoms. The molecule has 1 aromatic carbocycles. The van der Waals surface area contributed by atoms with Crippen LogP contribution in [-0.4, -0.2) is 23.7 Å². The molecule has 0 spiro atoms. The van der Waals surface area contributed by atoms with Gasteiger partial charge in [-0.15, -0.1) is 0 Å². The Labute approximate surface area is 129 Å². The second-order valence-corrected chi connectivity index (χ2v) is 5.78. The van der Waals surface area contributed by atoms with Gasteiger partial charge in [-0.05, 0) is 30.0 Å². The van der Waals surface area contributed by atoms with Crippen LogP contribution in [0.25, 0.3) is 6.08 Å². The number of aliphatic hydroxyl groups excluding tert-OH is 1. The highest BCUT2D eigenvalue weighted by atomic mass is 35.5. The first kappa shape index (κ1) is 17.0. The van der Waals surface area contributed by atoms with Crippen molar-refractivity contribution in [2.45, 2.75) is 26.3 Å². The van der Waals surface area contributed by atoms with Crippen LogP contribution in [0.15, 0.2) is 24.3 Å². The standard InChI is InChI=1S/C15H19Cl2NO2/c1-10(2)8-12(9-19)18-14(20)7-6-11-4-3-5-13(16)15(11)17/h3-7,10,12,19H,8-9H2,1-2H3,(H,18,20)/b7-6+. The third kappa shape index (κ3) is 5.53. The number of hydrogen-bond donors (Lipinski definition) is 2. The van der Waals surface area contributed by atoms with Gasteiger partial charge in [0.05, 0.1) is 22.7 Å². The number of amides is 1. The van der Waals surface area contributed by atoms with Crippen LogP contribution in [0, 0.1) is 5.92 Å². The van der Waals surface area contributed by atoms with Gasteiger partial charge in [0.2, 0.25) is 5.91 Å². The average molecular weight is 316 g/mol. The number of benzene rings is 1. The molecule has 110 valence electrons. The number of nitrogens with one attached hydrogen (secondary N) is 1. The van der Waals surface area contributed by atoms with E-state index in [1.807, 2.05) is 13.8 Å². The Bertz CT molecular complexity index is 487. The van der Waals surface area contributed by atoms with Crippen molar-refractivity contribution in [1.82, 2.24) is 5.32 Å². The molecule has 1 rings (SSSR count). The van der Waals surface area contributed by atoms with E-state index >= 15 is 0 Å². The maximum atomic E-state index is 11.8. The van der Waals surface area contributed by atoms with Gasteiger partial charge in [-0.2, -0.15) is 0 Å². The normalized spacial score (nSPS) is 12.9. The predicted octanol–water partition coefficient (Wildman–Crippen LogP) is 3.53. The SMILES string of the molecule is CC(C)CC(CO)NC(=O)/C=C/c1cccc(Cl)c1Cl. The molecule has 0 saturated heterocycles. The summed E-state index contributed by atoms with van der Waals surface area (Å²) in [5.74, 6) is 0.138. The topological polar surface area (TPSA) is 49.3 Å². The minimum atomic E-state index is -0.263. The highest BCUT2D eigenvalue weighted by molar-refractivity contribution is 6.42. The van der Waals surface area contributed by atoms with Crippen molar-refractivity contribution in [3.8, 4) is 0 Å². The maximum absolute atomic E-state index is 11.8. The highest BCUT2D eigenvalue weighted by Gasteiger charge is 2.11. The lowest BCUT2D eigenvalue weighted by Gasteiger charge is -2.17. The quantitative estimate of drug-likeness (QED) is 0.789. The summed E-state index contributed by atoms with van der Waals surface area (Å²) in [4.78, 5) is 11.8. The van der Waals surface area contributed by atoms with E-state index in [1.165, 1.54) is 6.08 Å². The molecule has 1 aromatic rings. The molecule has 5 heteroatoms. The second kappa shape index (κ2) is 8.30. The first-order valence-corrected chi connectivity index (χ1v) is 7.23. The third-order valence-corrected chi connectivity index (χ3v) is 3.55. The van der Waals surface area contributed by atoms with Crippen molar-refractivity contribution in [3.63, 3.8) is 0 Å². The molecule has 0 radical (unpaired) electrons. The van der Waals surface area contributed by atoms with Crippen molar-refractivity contribution in [1.29, 1.82) is 0 Å². The van der Waals surface area contributed by atoms with E-state index in [9.17, 15) is 9.90 Å². The molecule has 1 unspecified atom stereocenters. The molecule has 0 saturated carbocycles. The number of aliphatic hydroxyl groups is 1. The molecule has 0 heterocycles. The zero-order valence-electron chi connectivity index (χ0n) is 11.6. The monoisotopic (exact) mass is 315 g/mol. The molecule has 1 atom stereocenters. The van der Waals surface area contributed by atoms with Crippen molar-refractivity contribution < 1.29 is 9.90 Å². The maximum Gasteiger partial charge on any atom is 0.244 e. The van der Waals surface area contributed by atoms with Crippen LogP contribution in [0.3, 0.4) is 0 Å². The molecule has 0 aliphatic rings. The van der Waals surface area contributed by atoms with Crippen LogP contribution in [0.2, 0.25) is 10.0 Å². The fraction of sp³-hybridized carbons (Fsp3) is 0.400. The lowest BCUT2D eigenvalue weighted by atomic mass is 10.0. The number of halogens is 2. The average Bonchev–Trinajstić information content (AvgIpc) is 2.39. The van der Waals surface area contributed by atoms with E-state index in [0.29, 0.717) is 21.5 Å². The van der Waals surface area contributed by atoms with Crippen molar-refractivity contribution in [2.24, 2.45) is 5.92 Å². The first-order valence-electron chi connectivity index (χ1n) is 6.47. The highest BCUT2D eigenvalue weighted by Crippen LogP contribution is 2.26. The van der Waals surface area contributed by atoms with Crippen molar-refractivity contribution in [3.05, 3.63) is 39.9 Å². The van der Waals surface area contributed by atoms with Gasteiger partial charge in [-0.3, -0.25) is 4.79 Å². The molecule has 0 aromatic heterocycles. The third-order valence-electron chi connectivity index (χ3n) is 2.72. The van der Waals surface area contributed by atoms with E-state index < -0.39 is 0 Å². The number of carbonyl (C=O) groups excluding carboxylic acids is 1. The second-order valence-electron chi connectivity index (χ2n) is 4.99. The van der Waals surface area contributed by atoms with Gasteiger partial charge in [-0.25, -0.2) is 0 Å². The Hall–Kier alpha value is -1.03. The molecule has 0 aliphatic carbocycles. The number of carbonyl (C=O) groups is 1. The van der Waals surface area contributed by atoms with E-state index in [-0.39, 0.29) is 18.6 Å². The summed E-state index contributed by atoms with van der Waals surface area (Å²) in [6, 6.07) is 4.99. The van der Waals surface area contributed by atoms with Crippen molar-refractivity contribution in [2.75, 3.05) is 6.61 Å². The molecular formula is C15H19Cl2NO2. The van der Waals surface area contributed by atoms with Gasteiger partial charge in [0.25, 0.3) is 0 Å². The molecule has 20 heavy (non-hydrogen) atoms. The molecule has 1 amide bonds. The van der Waals surface area contributed by atoms with Crippen LogP contribution < -0.4 is 5.32 Å². The number of rotatable bonds is 6. The Morgan fingerprint density at radius 3 is 2.70 bits per heavy atom. The summed E-state index contributed by atoms with van der Waals surface area (Å²) in [5.41, 5.74) is 0.679. The Kier molecular flexibility index (Phi) is 7.06. The molecule has 2 N–H and O–H groups in total. The van der Waals surface area contributed by atoms with Crippen LogP contribution in [-0.2, 0) is 4.79 Å². The summed E-state index contributed by atoms with van der Waals surface area (Å²) < 4.78 is 0. The lowest BCUT2D eigenvalue weighted by molar-refractivity contribution is -0.117. The number of hydrogen-bond acceptors (Lipinski definition) is 2. The largest absolute Gasteiger partial charge is 0.394 e. The molecular weight excluding hydrogens is 297 g/mol. The van der Waals surface area contributed by atoms with Gasteiger partial charge >= 0.3 is 0 Å². The molecule has 0 aliphatic heterocycles. The van der Waals surface area contributed by atoms with Crippen LogP contribution in [0.1, 0.15) is 25.8 Å². The summed E-state index contributed by atoms with van der Waals surface area (Å²) in [6.45, 7) is 4.00. The van der Waals surface area contributed by atoms with E-state index in [4.69, 9.17) is 23.2 Å². The van der Waals surface area contributed by atoms with Crippen LogP contribution in [0.4, 0.5) is 0 Å². The zero-order valence-corrected chi connectivity index (χ0v) is 13.1. The Morgan fingerprint density at radius 1 is 1.40 bits per heavy atom. The summed E-state index contributed by atoms with van der Waals surface area (Å²) in [5, 5.41) is 12.8. The minimum Gasteiger partial charge on any atom is -0.394 e. The predicted molar refractivity (Wildman–Crippen MR) is 84.0 cm³/mol. The summed E-state index contributed by atoms with van der Waals surface area (Å²) in [7, 11) is 0. The van der Waals surface area contributed by atoms with Crippen LogP contribution >= 0.6 is 23.2 Å².